The normalized spacial score (nSPS) is 14.2. The Morgan fingerprint density at radius 2 is 1.13 bits per heavy atom. The summed E-state index contributed by atoms with van der Waals surface area (Å²) in [6.07, 6.45) is 11.1. The number of fused-ring (bicyclic) bond motifs is 7. The molecule has 2 heterocycles. The van der Waals surface area contributed by atoms with Crippen LogP contribution in [0.4, 0.5) is 17.1 Å². The zero-order valence-electron chi connectivity index (χ0n) is 37.5. The Morgan fingerprint density at radius 3 is 1.97 bits per heavy atom. The molecule has 0 saturated heterocycles. The van der Waals surface area contributed by atoms with Gasteiger partial charge < -0.3 is 13.9 Å². The van der Waals surface area contributed by atoms with Gasteiger partial charge in [0.05, 0.1) is 16.7 Å². The van der Waals surface area contributed by atoms with Gasteiger partial charge in [-0.2, -0.15) is 0 Å². The van der Waals surface area contributed by atoms with Gasteiger partial charge in [-0.25, -0.2) is 0 Å². The van der Waals surface area contributed by atoms with E-state index in [0.29, 0.717) is 5.92 Å². The highest BCUT2D eigenvalue weighted by molar-refractivity contribution is 6.13. The first-order valence-corrected chi connectivity index (χ1v) is 24.2. The third kappa shape index (κ3) is 6.80. The molecule has 1 saturated carbocycles. The summed E-state index contributed by atoms with van der Waals surface area (Å²) in [5.41, 5.74) is 17.9. The van der Waals surface area contributed by atoms with Crippen molar-refractivity contribution in [1.82, 2.24) is 4.57 Å². The third-order valence-corrected chi connectivity index (χ3v) is 14.7. The minimum atomic E-state index is 0.611. The summed E-state index contributed by atoms with van der Waals surface area (Å²) in [6.45, 7) is 0. The number of hydrogen-bond donors (Lipinski definition) is 0. The number of anilines is 3. The molecule has 0 unspecified atom stereocenters. The molecule has 2 aromatic heterocycles. The fraction of sp³-hybridized carbons (Fsp3) is 0.125. The molecule has 3 heteroatoms. The van der Waals surface area contributed by atoms with Gasteiger partial charge in [0.2, 0.25) is 0 Å². The first-order chi connectivity index (χ1) is 33.2. The highest BCUT2D eigenvalue weighted by atomic mass is 16.3. The van der Waals surface area contributed by atoms with Crippen molar-refractivity contribution in [2.24, 2.45) is 0 Å². The lowest BCUT2D eigenvalue weighted by molar-refractivity contribution is 0.442. The zero-order valence-corrected chi connectivity index (χ0v) is 37.5. The summed E-state index contributed by atoms with van der Waals surface area (Å²) in [7, 11) is 0. The number of para-hydroxylation sites is 4. The smallest absolute Gasteiger partial charge is 0.136 e. The summed E-state index contributed by atoms with van der Waals surface area (Å²) in [6, 6.07) is 75.9. The predicted molar refractivity (Wildman–Crippen MR) is 281 cm³/mol. The molecule has 11 aromatic rings. The molecule has 2 aliphatic carbocycles. The van der Waals surface area contributed by atoms with E-state index in [1.54, 1.807) is 5.56 Å². The van der Waals surface area contributed by atoms with E-state index in [9.17, 15) is 0 Å². The Morgan fingerprint density at radius 1 is 0.478 bits per heavy atom. The van der Waals surface area contributed by atoms with Crippen LogP contribution in [0.3, 0.4) is 0 Å². The lowest BCUT2D eigenvalue weighted by Crippen LogP contribution is -2.35. The van der Waals surface area contributed by atoms with Crippen LogP contribution < -0.4 is 15.3 Å². The molecule has 0 spiro atoms. The Balaban J connectivity index is 0.958. The second-order valence-corrected chi connectivity index (χ2v) is 18.5. The van der Waals surface area contributed by atoms with E-state index < -0.39 is 0 Å². The van der Waals surface area contributed by atoms with E-state index in [2.05, 4.69) is 216 Å². The summed E-state index contributed by atoms with van der Waals surface area (Å²) in [5, 5.41) is 7.68. The minimum Gasteiger partial charge on any atom is -0.456 e. The van der Waals surface area contributed by atoms with Crippen molar-refractivity contribution in [3.8, 4) is 27.9 Å². The van der Waals surface area contributed by atoms with Crippen LogP contribution >= 0.6 is 0 Å². The number of aromatic nitrogens is 1. The molecule has 0 amide bonds. The number of hydrogen-bond acceptors (Lipinski definition) is 2. The SMILES string of the molecule is C1=c2cccc(C3CCCCC3)c2=C(c2ccccc2N(c2ccc(-c3ccc4c(c3)c3ccccc3n4-c3ccccc3)cc2)c2ccc(-c3cccc4oc5ccccc5c34)cc2)CC1. The summed E-state index contributed by atoms with van der Waals surface area (Å²) < 4.78 is 8.71. The fourth-order valence-electron chi connectivity index (χ4n) is 11.6. The van der Waals surface area contributed by atoms with Gasteiger partial charge in [0, 0.05) is 44.2 Å². The van der Waals surface area contributed by atoms with Crippen LogP contribution in [0.15, 0.2) is 211 Å². The highest BCUT2D eigenvalue weighted by Gasteiger charge is 2.24. The van der Waals surface area contributed by atoms with Gasteiger partial charge in [0.25, 0.3) is 0 Å². The van der Waals surface area contributed by atoms with Crippen LogP contribution in [0.2, 0.25) is 0 Å². The molecule has 0 bridgehead atoms. The average Bonchev–Trinajstić information content (AvgIpc) is 3.95. The minimum absolute atomic E-state index is 0.611. The third-order valence-electron chi connectivity index (χ3n) is 14.7. The Kier molecular flexibility index (Phi) is 9.74. The summed E-state index contributed by atoms with van der Waals surface area (Å²) >= 11 is 0. The van der Waals surface area contributed by atoms with Crippen LogP contribution in [0.1, 0.15) is 62.0 Å². The monoisotopic (exact) mass is 862 g/mol. The van der Waals surface area contributed by atoms with Crippen molar-refractivity contribution >= 4 is 72.5 Å². The largest absolute Gasteiger partial charge is 0.456 e. The standard InChI is InChI=1S/C64H50N2O/c1-3-16-44(17-4-1)51-25-13-18-46-19-14-27-55(63(46)51)53-22-7-10-28-58(53)65(50-39-34-45(35-40-50)52-26-15-31-62-64(52)56-24-9-12-30-61(56)67-62)49-37-32-43(33-38-49)47-36-41-60-57(42-47)54-23-8-11-29-59(54)66(60)48-20-5-2-6-21-48/h2,5-13,15,18-26,28-42,44H,1,3-4,14,16-17,27H2. The van der Waals surface area contributed by atoms with Gasteiger partial charge in [0.1, 0.15) is 11.2 Å². The second kappa shape index (κ2) is 16.5. The van der Waals surface area contributed by atoms with Crippen molar-refractivity contribution in [3.05, 3.63) is 228 Å². The van der Waals surface area contributed by atoms with E-state index in [1.807, 2.05) is 6.07 Å². The molecule has 2 aliphatic rings. The fourth-order valence-corrected chi connectivity index (χ4v) is 11.6. The van der Waals surface area contributed by atoms with Gasteiger partial charge in [-0.15, -0.1) is 0 Å². The molecule has 0 atom stereocenters. The summed E-state index contributed by atoms with van der Waals surface area (Å²) in [4.78, 5) is 2.49. The van der Waals surface area contributed by atoms with Gasteiger partial charge >= 0.3 is 0 Å². The van der Waals surface area contributed by atoms with Crippen LogP contribution in [-0.4, -0.2) is 4.57 Å². The topological polar surface area (TPSA) is 21.3 Å². The van der Waals surface area contributed by atoms with Crippen LogP contribution in [0.5, 0.6) is 0 Å². The van der Waals surface area contributed by atoms with Crippen molar-refractivity contribution in [2.75, 3.05) is 4.90 Å². The van der Waals surface area contributed by atoms with Crippen LogP contribution in [0, 0.1) is 0 Å². The maximum Gasteiger partial charge on any atom is 0.136 e. The van der Waals surface area contributed by atoms with Crippen molar-refractivity contribution in [2.45, 2.75) is 50.9 Å². The average molecular weight is 863 g/mol. The number of benzene rings is 9. The van der Waals surface area contributed by atoms with E-state index in [-0.39, 0.29) is 0 Å². The summed E-state index contributed by atoms with van der Waals surface area (Å²) in [5.74, 6) is 0.611. The molecular formula is C64H50N2O. The number of furan rings is 1. The molecule has 3 nitrogen and oxygen atoms in total. The van der Waals surface area contributed by atoms with E-state index in [1.165, 1.54) is 104 Å². The molecular weight excluding hydrogens is 813 g/mol. The van der Waals surface area contributed by atoms with Gasteiger partial charge in [0.15, 0.2) is 0 Å². The maximum absolute atomic E-state index is 6.32. The van der Waals surface area contributed by atoms with Crippen molar-refractivity contribution in [1.29, 1.82) is 0 Å². The molecule has 0 N–H and O–H groups in total. The first kappa shape index (κ1) is 39.5. The number of nitrogens with zero attached hydrogens (tertiary/aromatic N) is 2. The van der Waals surface area contributed by atoms with Crippen molar-refractivity contribution in [3.63, 3.8) is 0 Å². The zero-order chi connectivity index (χ0) is 44.3. The van der Waals surface area contributed by atoms with Crippen LogP contribution in [-0.2, 0) is 0 Å². The van der Waals surface area contributed by atoms with E-state index in [4.69, 9.17) is 4.42 Å². The first-order valence-electron chi connectivity index (χ1n) is 24.2. The molecule has 0 aliphatic heterocycles. The number of rotatable bonds is 8. The van der Waals surface area contributed by atoms with Gasteiger partial charge in [-0.1, -0.05) is 159 Å². The Hall–Kier alpha value is -7.88. The van der Waals surface area contributed by atoms with Gasteiger partial charge in [-0.05, 0) is 148 Å². The molecule has 67 heavy (non-hydrogen) atoms. The second-order valence-electron chi connectivity index (χ2n) is 18.5. The molecule has 13 rings (SSSR count). The van der Waals surface area contributed by atoms with E-state index >= 15 is 0 Å². The highest BCUT2D eigenvalue weighted by Crippen LogP contribution is 2.43. The lowest BCUT2D eigenvalue weighted by atomic mass is 9.80. The molecule has 0 radical (unpaired) electrons. The Bertz CT molecular complexity index is 3770. The van der Waals surface area contributed by atoms with Gasteiger partial charge in [-0.3, -0.25) is 0 Å². The quantitative estimate of drug-likeness (QED) is 0.152. The predicted octanol–water partition coefficient (Wildman–Crippen LogP) is 16.3. The van der Waals surface area contributed by atoms with Crippen LogP contribution in [0.25, 0.3) is 83.3 Å². The maximum atomic E-state index is 6.32. The van der Waals surface area contributed by atoms with Crippen molar-refractivity contribution < 1.29 is 4.42 Å². The molecule has 322 valence electrons. The lowest BCUT2D eigenvalue weighted by Gasteiger charge is -2.30. The molecule has 1 fully saturated rings. The molecule has 9 aromatic carbocycles. The Labute approximate surface area is 391 Å². The van der Waals surface area contributed by atoms with E-state index in [0.717, 1.165) is 51.7 Å².